The Balaban J connectivity index is 1.60. The van der Waals surface area contributed by atoms with Gasteiger partial charge in [-0.1, -0.05) is 48.5 Å². The van der Waals surface area contributed by atoms with Crippen molar-refractivity contribution in [2.45, 2.75) is 31.3 Å². The molecule has 2 aromatic carbocycles. The number of likely N-dealkylation sites (N-methyl/N-ethyl adjacent to an activating group) is 1. The van der Waals surface area contributed by atoms with Crippen LogP contribution in [0.25, 0.3) is 0 Å². The van der Waals surface area contributed by atoms with Crippen molar-refractivity contribution >= 4 is 15.9 Å². The lowest BCUT2D eigenvalue weighted by atomic mass is 10.1. The van der Waals surface area contributed by atoms with Gasteiger partial charge in [0.15, 0.2) is 0 Å². The number of rotatable bonds is 7. The molecule has 0 radical (unpaired) electrons. The van der Waals surface area contributed by atoms with Crippen molar-refractivity contribution in [2.75, 3.05) is 32.7 Å². The predicted octanol–water partition coefficient (Wildman–Crippen LogP) is 2.43. The van der Waals surface area contributed by atoms with Gasteiger partial charge in [0.2, 0.25) is 15.9 Å². The molecular weight excluding hydrogens is 386 g/mol. The molecule has 0 bridgehead atoms. The van der Waals surface area contributed by atoms with Crippen LogP contribution >= 0.6 is 0 Å². The quantitative estimate of drug-likeness (QED) is 0.697. The Labute approximate surface area is 173 Å². The van der Waals surface area contributed by atoms with E-state index in [1.165, 1.54) is 4.31 Å². The molecule has 0 unspecified atom stereocenters. The zero-order valence-electron chi connectivity index (χ0n) is 17.1. The Morgan fingerprint density at radius 2 is 1.52 bits per heavy atom. The van der Waals surface area contributed by atoms with E-state index in [0.29, 0.717) is 44.2 Å². The van der Waals surface area contributed by atoms with Crippen LogP contribution in [-0.4, -0.2) is 67.2 Å². The largest absolute Gasteiger partial charge is 0.337 e. The van der Waals surface area contributed by atoms with Gasteiger partial charge < -0.3 is 4.90 Å². The standard InChI is InChI=1S/C22H29N3O3S/c1-3-23(18-20-10-6-4-7-11-20)22(26)19(2)24-14-16-25(17-15-24)29(27,28)21-12-8-5-9-13-21/h4-13,19H,3,14-18H2,1-2H3/t19-/m1/s1. The Bertz CT molecular complexity index is 895. The van der Waals surface area contributed by atoms with Gasteiger partial charge in [-0.15, -0.1) is 0 Å². The Kier molecular flexibility index (Phi) is 7.05. The Morgan fingerprint density at radius 3 is 2.07 bits per heavy atom. The molecule has 1 atom stereocenters. The van der Waals surface area contributed by atoms with Crippen LogP contribution in [0.3, 0.4) is 0 Å². The predicted molar refractivity (Wildman–Crippen MR) is 114 cm³/mol. The highest BCUT2D eigenvalue weighted by atomic mass is 32.2. The molecule has 6 nitrogen and oxygen atoms in total. The first-order chi connectivity index (χ1) is 13.9. The summed E-state index contributed by atoms with van der Waals surface area (Å²) in [4.78, 5) is 17.3. The molecule has 1 saturated heterocycles. The second-order valence-corrected chi connectivity index (χ2v) is 9.21. The topological polar surface area (TPSA) is 60.9 Å². The average Bonchev–Trinajstić information content (AvgIpc) is 2.78. The number of sulfonamides is 1. The summed E-state index contributed by atoms with van der Waals surface area (Å²) in [7, 11) is -3.48. The first kappa shape index (κ1) is 21.5. The van der Waals surface area contributed by atoms with Crippen LogP contribution in [0.4, 0.5) is 0 Å². The normalized spacial score (nSPS) is 17.0. The maximum atomic E-state index is 13.0. The minimum absolute atomic E-state index is 0.0794. The maximum Gasteiger partial charge on any atom is 0.243 e. The van der Waals surface area contributed by atoms with E-state index in [4.69, 9.17) is 0 Å². The van der Waals surface area contributed by atoms with Gasteiger partial charge in [-0.05, 0) is 31.5 Å². The van der Waals surface area contributed by atoms with Gasteiger partial charge >= 0.3 is 0 Å². The van der Waals surface area contributed by atoms with Gasteiger partial charge in [-0.2, -0.15) is 4.31 Å². The summed E-state index contributed by atoms with van der Waals surface area (Å²) in [6, 6.07) is 18.2. The van der Waals surface area contributed by atoms with Crippen molar-refractivity contribution in [1.29, 1.82) is 0 Å². The van der Waals surface area contributed by atoms with Crippen molar-refractivity contribution in [3.8, 4) is 0 Å². The number of amides is 1. The molecule has 0 spiro atoms. The van der Waals surface area contributed by atoms with E-state index in [9.17, 15) is 13.2 Å². The molecule has 1 heterocycles. The molecule has 29 heavy (non-hydrogen) atoms. The van der Waals surface area contributed by atoms with Gasteiger partial charge in [-0.25, -0.2) is 8.42 Å². The minimum Gasteiger partial charge on any atom is -0.337 e. The van der Waals surface area contributed by atoms with E-state index in [1.54, 1.807) is 30.3 Å². The summed E-state index contributed by atoms with van der Waals surface area (Å²) in [6.07, 6.45) is 0. The summed E-state index contributed by atoms with van der Waals surface area (Å²) in [5, 5.41) is 0. The van der Waals surface area contributed by atoms with Gasteiger partial charge in [-0.3, -0.25) is 9.69 Å². The zero-order valence-corrected chi connectivity index (χ0v) is 17.9. The molecule has 3 rings (SSSR count). The molecule has 0 aliphatic carbocycles. The van der Waals surface area contributed by atoms with Crippen molar-refractivity contribution < 1.29 is 13.2 Å². The smallest absolute Gasteiger partial charge is 0.243 e. The third-order valence-corrected chi connectivity index (χ3v) is 7.38. The summed E-state index contributed by atoms with van der Waals surface area (Å²) in [5.41, 5.74) is 1.11. The van der Waals surface area contributed by atoms with Crippen molar-refractivity contribution in [1.82, 2.24) is 14.1 Å². The second kappa shape index (κ2) is 9.52. The van der Waals surface area contributed by atoms with E-state index < -0.39 is 10.0 Å². The van der Waals surface area contributed by atoms with Crippen LogP contribution < -0.4 is 0 Å². The number of carbonyl (C=O) groups excluding carboxylic acids is 1. The summed E-state index contributed by atoms with van der Waals surface area (Å²) < 4.78 is 27.1. The van der Waals surface area contributed by atoms with Crippen LogP contribution in [0.1, 0.15) is 19.4 Å². The monoisotopic (exact) mass is 415 g/mol. The number of hydrogen-bond acceptors (Lipinski definition) is 4. The van der Waals surface area contributed by atoms with E-state index in [0.717, 1.165) is 5.56 Å². The van der Waals surface area contributed by atoms with Crippen LogP contribution in [-0.2, 0) is 21.4 Å². The molecular formula is C22H29N3O3S. The van der Waals surface area contributed by atoms with E-state index in [2.05, 4.69) is 4.90 Å². The average molecular weight is 416 g/mol. The Morgan fingerprint density at radius 1 is 0.966 bits per heavy atom. The lowest BCUT2D eigenvalue weighted by Crippen LogP contribution is -2.55. The van der Waals surface area contributed by atoms with E-state index in [-0.39, 0.29) is 11.9 Å². The van der Waals surface area contributed by atoms with Gasteiger partial charge in [0.05, 0.1) is 10.9 Å². The molecule has 7 heteroatoms. The number of carbonyl (C=O) groups is 1. The van der Waals surface area contributed by atoms with Crippen LogP contribution in [0.2, 0.25) is 0 Å². The van der Waals surface area contributed by atoms with Crippen LogP contribution in [0.5, 0.6) is 0 Å². The lowest BCUT2D eigenvalue weighted by molar-refractivity contribution is -0.137. The zero-order chi connectivity index (χ0) is 20.9. The summed E-state index contributed by atoms with van der Waals surface area (Å²) in [6.45, 7) is 6.99. The fourth-order valence-electron chi connectivity index (χ4n) is 3.64. The van der Waals surface area contributed by atoms with Crippen molar-refractivity contribution in [3.05, 3.63) is 66.2 Å². The number of nitrogens with zero attached hydrogens (tertiary/aromatic N) is 3. The van der Waals surface area contributed by atoms with Gasteiger partial charge in [0, 0.05) is 39.3 Å². The molecule has 0 aromatic heterocycles. The number of hydrogen-bond donors (Lipinski definition) is 0. The first-order valence-corrected chi connectivity index (χ1v) is 11.5. The molecule has 2 aromatic rings. The maximum absolute atomic E-state index is 13.0. The lowest BCUT2D eigenvalue weighted by Gasteiger charge is -2.38. The fraction of sp³-hybridized carbons (Fsp3) is 0.409. The van der Waals surface area contributed by atoms with Gasteiger partial charge in [0.25, 0.3) is 0 Å². The minimum atomic E-state index is -3.48. The highest BCUT2D eigenvalue weighted by molar-refractivity contribution is 7.89. The number of benzene rings is 2. The third-order valence-electron chi connectivity index (χ3n) is 5.47. The molecule has 1 fully saturated rings. The highest BCUT2D eigenvalue weighted by Crippen LogP contribution is 2.19. The van der Waals surface area contributed by atoms with Crippen molar-refractivity contribution in [2.24, 2.45) is 0 Å². The van der Waals surface area contributed by atoms with Crippen LogP contribution in [0, 0.1) is 0 Å². The second-order valence-electron chi connectivity index (χ2n) is 7.27. The van der Waals surface area contributed by atoms with Crippen molar-refractivity contribution in [3.63, 3.8) is 0 Å². The SMILES string of the molecule is CCN(Cc1ccccc1)C(=O)[C@@H](C)N1CCN(S(=O)(=O)c2ccccc2)CC1. The van der Waals surface area contributed by atoms with Gasteiger partial charge in [0.1, 0.15) is 0 Å². The fourth-order valence-corrected chi connectivity index (χ4v) is 5.09. The van der Waals surface area contributed by atoms with E-state index in [1.807, 2.05) is 49.1 Å². The van der Waals surface area contributed by atoms with E-state index >= 15 is 0 Å². The number of piperazine rings is 1. The highest BCUT2D eigenvalue weighted by Gasteiger charge is 2.32. The molecule has 0 saturated carbocycles. The summed E-state index contributed by atoms with van der Waals surface area (Å²) >= 11 is 0. The first-order valence-electron chi connectivity index (χ1n) is 10.1. The van der Waals surface area contributed by atoms with Crippen LogP contribution in [0.15, 0.2) is 65.6 Å². The Hall–Kier alpha value is -2.22. The molecule has 0 N–H and O–H groups in total. The molecule has 156 valence electrons. The third kappa shape index (κ3) is 5.04. The summed E-state index contributed by atoms with van der Waals surface area (Å²) in [5.74, 6) is 0.0794. The molecule has 1 amide bonds. The molecule has 1 aliphatic heterocycles. The molecule has 1 aliphatic rings.